The van der Waals surface area contributed by atoms with Crippen molar-refractivity contribution in [2.75, 3.05) is 32.8 Å². The molecule has 1 heterocycles. The second kappa shape index (κ2) is 7.83. The lowest BCUT2D eigenvalue weighted by Crippen LogP contribution is -2.45. The van der Waals surface area contributed by atoms with Crippen LogP contribution in [0.15, 0.2) is 12.1 Å². The Morgan fingerprint density at radius 1 is 1.15 bits per heavy atom. The number of aliphatic hydroxyl groups is 1. The predicted octanol–water partition coefficient (Wildman–Crippen LogP) is 1.85. The van der Waals surface area contributed by atoms with Gasteiger partial charge in [0.2, 0.25) is 0 Å². The van der Waals surface area contributed by atoms with E-state index in [0.717, 1.165) is 38.3 Å². The molecule has 0 bridgehead atoms. The Labute approximate surface area is 122 Å². The third kappa shape index (κ3) is 3.85. The normalized spacial score (nSPS) is 17.6. The van der Waals surface area contributed by atoms with Crippen LogP contribution in [0.4, 0.5) is 13.2 Å². The second-order valence-corrected chi connectivity index (χ2v) is 4.61. The molecule has 0 saturated carbocycles. The molecule has 1 aliphatic rings. The van der Waals surface area contributed by atoms with Crippen molar-refractivity contribution in [1.29, 1.82) is 0 Å². The standard InChI is InChI=1S/C13H17F3N2O.ClH/c14-10-7-9(8-11(15)13(10)16)12(1-6-19)18-4-2-17-3-5-18;/h7-8,12,17,19H,1-6H2;1H/t12-;/m1./s1. The zero-order chi connectivity index (χ0) is 13.8. The van der Waals surface area contributed by atoms with Gasteiger partial charge in [-0.2, -0.15) is 0 Å². The maximum absolute atomic E-state index is 13.3. The first kappa shape index (κ1) is 17.2. The molecule has 0 unspecified atom stereocenters. The van der Waals surface area contributed by atoms with Gasteiger partial charge in [-0.25, -0.2) is 13.2 Å². The summed E-state index contributed by atoms with van der Waals surface area (Å²) in [4.78, 5) is 2.04. The molecule has 1 aliphatic heterocycles. The van der Waals surface area contributed by atoms with E-state index < -0.39 is 17.5 Å². The summed E-state index contributed by atoms with van der Waals surface area (Å²) < 4.78 is 39.6. The molecule has 0 spiro atoms. The third-order valence-corrected chi connectivity index (χ3v) is 3.39. The number of halogens is 4. The van der Waals surface area contributed by atoms with Gasteiger partial charge in [-0.3, -0.25) is 4.90 Å². The number of hydrogen-bond donors (Lipinski definition) is 2. The van der Waals surface area contributed by atoms with E-state index in [2.05, 4.69) is 5.32 Å². The smallest absolute Gasteiger partial charge is 0.194 e. The molecule has 114 valence electrons. The molecule has 2 N–H and O–H groups in total. The zero-order valence-electron chi connectivity index (χ0n) is 10.9. The quantitative estimate of drug-likeness (QED) is 0.833. The van der Waals surface area contributed by atoms with Crippen molar-refractivity contribution in [2.24, 2.45) is 0 Å². The Hall–Kier alpha value is -0.820. The van der Waals surface area contributed by atoms with Gasteiger partial charge in [0.1, 0.15) is 0 Å². The molecule has 20 heavy (non-hydrogen) atoms. The summed E-state index contributed by atoms with van der Waals surface area (Å²) in [5, 5.41) is 12.3. The van der Waals surface area contributed by atoms with Gasteiger partial charge in [-0.15, -0.1) is 12.4 Å². The second-order valence-electron chi connectivity index (χ2n) is 4.61. The largest absolute Gasteiger partial charge is 0.396 e. The van der Waals surface area contributed by atoms with Gasteiger partial charge in [-0.05, 0) is 24.1 Å². The molecule has 0 aromatic heterocycles. The fourth-order valence-corrected chi connectivity index (χ4v) is 2.44. The highest BCUT2D eigenvalue weighted by Crippen LogP contribution is 2.27. The van der Waals surface area contributed by atoms with Crippen molar-refractivity contribution >= 4 is 12.4 Å². The van der Waals surface area contributed by atoms with Gasteiger partial charge < -0.3 is 10.4 Å². The van der Waals surface area contributed by atoms with Crippen LogP contribution in [0.3, 0.4) is 0 Å². The van der Waals surface area contributed by atoms with E-state index in [4.69, 9.17) is 5.11 Å². The molecule has 2 rings (SSSR count). The highest BCUT2D eigenvalue weighted by Gasteiger charge is 2.24. The Bertz CT molecular complexity index is 419. The molecular formula is C13H18ClF3N2O. The van der Waals surface area contributed by atoms with Crippen LogP contribution in [0.5, 0.6) is 0 Å². The van der Waals surface area contributed by atoms with Gasteiger partial charge in [0.05, 0.1) is 0 Å². The lowest BCUT2D eigenvalue weighted by molar-refractivity contribution is 0.140. The fourth-order valence-electron chi connectivity index (χ4n) is 2.44. The number of aliphatic hydroxyl groups excluding tert-OH is 1. The van der Waals surface area contributed by atoms with E-state index in [1.807, 2.05) is 4.90 Å². The van der Waals surface area contributed by atoms with Crippen molar-refractivity contribution in [3.05, 3.63) is 35.1 Å². The average Bonchev–Trinajstić information content (AvgIpc) is 2.42. The fraction of sp³-hybridized carbons (Fsp3) is 0.538. The monoisotopic (exact) mass is 310 g/mol. The van der Waals surface area contributed by atoms with Crippen LogP contribution in [0.1, 0.15) is 18.0 Å². The minimum Gasteiger partial charge on any atom is -0.396 e. The van der Waals surface area contributed by atoms with Crippen LogP contribution in [0.25, 0.3) is 0 Å². The topological polar surface area (TPSA) is 35.5 Å². The maximum Gasteiger partial charge on any atom is 0.194 e. The Balaban J connectivity index is 0.00000200. The van der Waals surface area contributed by atoms with E-state index in [0.29, 0.717) is 12.0 Å². The Morgan fingerprint density at radius 2 is 1.70 bits per heavy atom. The molecule has 1 saturated heterocycles. The molecule has 1 fully saturated rings. The van der Waals surface area contributed by atoms with Crippen LogP contribution in [0.2, 0.25) is 0 Å². The van der Waals surface area contributed by atoms with Crippen molar-refractivity contribution in [1.82, 2.24) is 10.2 Å². The number of rotatable bonds is 4. The molecule has 3 nitrogen and oxygen atoms in total. The summed E-state index contributed by atoms with van der Waals surface area (Å²) in [5.74, 6) is -3.83. The van der Waals surface area contributed by atoms with Crippen LogP contribution in [0, 0.1) is 17.5 Å². The molecule has 0 radical (unpaired) electrons. The van der Waals surface area contributed by atoms with Gasteiger partial charge in [-0.1, -0.05) is 0 Å². The first-order chi connectivity index (χ1) is 9.13. The number of hydrogen-bond acceptors (Lipinski definition) is 3. The SMILES string of the molecule is Cl.OCC[C@H](c1cc(F)c(F)c(F)c1)N1CCNCC1. The summed E-state index contributed by atoms with van der Waals surface area (Å²) in [5.41, 5.74) is 0.368. The molecular weight excluding hydrogens is 293 g/mol. The lowest BCUT2D eigenvalue weighted by Gasteiger charge is -2.35. The average molecular weight is 311 g/mol. The summed E-state index contributed by atoms with van der Waals surface area (Å²) >= 11 is 0. The summed E-state index contributed by atoms with van der Waals surface area (Å²) in [6, 6.07) is 1.73. The van der Waals surface area contributed by atoms with Crippen LogP contribution in [-0.4, -0.2) is 42.8 Å². The van der Waals surface area contributed by atoms with Crippen molar-refractivity contribution < 1.29 is 18.3 Å². The highest BCUT2D eigenvalue weighted by molar-refractivity contribution is 5.85. The molecule has 0 aliphatic carbocycles. The third-order valence-electron chi connectivity index (χ3n) is 3.39. The highest BCUT2D eigenvalue weighted by atomic mass is 35.5. The molecule has 1 aromatic rings. The molecule has 1 atom stereocenters. The molecule has 0 amide bonds. The minimum absolute atomic E-state index is 0. The Kier molecular flexibility index (Phi) is 6.75. The van der Waals surface area contributed by atoms with E-state index in [9.17, 15) is 13.2 Å². The van der Waals surface area contributed by atoms with Crippen LogP contribution >= 0.6 is 12.4 Å². The van der Waals surface area contributed by atoms with Gasteiger partial charge >= 0.3 is 0 Å². The number of nitrogens with one attached hydrogen (secondary N) is 1. The van der Waals surface area contributed by atoms with E-state index in [1.54, 1.807) is 0 Å². The Morgan fingerprint density at radius 3 is 2.20 bits per heavy atom. The van der Waals surface area contributed by atoms with E-state index in [1.165, 1.54) is 0 Å². The predicted molar refractivity (Wildman–Crippen MR) is 72.5 cm³/mol. The maximum atomic E-state index is 13.3. The minimum atomic E-state index is -1.45. The van der Waals surface area contributed by atoms with Crippen LogP contribution < -0.4 is 5.32 Å². The van der Waals surface area contributed by atoms with E-state index in [-0.39, 0.29) is 25.1 Å². The van der Waals surface area contributed by atoms with Crippen molar-refractivity contribution in [3.63, 3.8) is 0 Å². The van der Waals surface area contributed by atoms with Crippen LogP contribution in [-0.2, 0) is 0 Å². The number of piperazine rings is 1. The van der Waals surface area contributed by atoms with Gasteiger partial charge in [0, 0.05) is 38.8 Å². The van der Waals surface area contributed by atoms with Crippen molar-refractivity contribution in [3.8, 4) is 0 Å². The first-order valence-corrected chi connectivity index (χ1v) is 6.33. The van der Waals surface area contributed by atoms with E-state index >= 15 is 0 Å². The number of benzene rings is 1. The first-order valence-electron chi connectivity index (χ1n) is 6.33. The summed E-state index contributed by atoms with van der Waals surface area (Å²) in [6.07, 6.45) is 0.366. The zero-order valence-corrected chi connectivity index (χ0v) is 11.7. The molecule has 7 heteroatoms. The number of nitrogens with zero attached hydrogens (tertiary/aromatic N) is 1. The molecule has 1 aromatic carbocycles. The van der Waals surface area contributed by atoms with Crippen molar-refractivity contribution in [2.45, 2.75) is 12.5 Å². The summed E-state index contributed by atoms with van der Waals surface area (Å²) in [6.45, 7) is 2.94. The lowest BCUT2D eigenvalue weighted by atomic mass is 10.0. The van der Waals surface area contributed by atoms with Gasteiger partial charge in [0.25, 0.3) is 0 Å². The van der Waals surface area contributed by atoms with Gasteiger partial charge in [0.15, 0.2) is 17.5 Å². The summed E-state index contributed by atoms with van der Waals surface area (Å²) in [7, 11) is 0.